The Morgan fingerprint density at radius 2 is 1.93 bits per heavy atom. The molecule has 3 N–H and O–H groups in total. The molecule has 2 aromatic carbocycles. The number of piperidine rings is 1. The molecule has 2 fully saturated rings. The number of para-hydroxylation sites is 1. The largest absolute Gasteiger partial charge is 0.491 e. The third-order valence-corrected chi connectivity index (χ3v) is 11.0. The highest BCUT2D eigenvalue weighted by molar-refractivity contribution is 7.91. The Morgan fingerprint density at radius 1 is 1.15 bits per heavy atom. The Kier molecular flexibility index (Phi) is 8.53. The number of aliphatic hydroxyl groups is 1. The van der Waals surface area contributed by atoms with E-state index >= 15 is 0 Å². The van der Waals surface area contributed by atoms with Crippen molar-refractivity contribution in [2.24, 2.45) is 0 Å². The number of rotatable bonds is 11. The lowest BCUT2D eigenvalue weighted by atomic mass is 9.88. The summed E-state index contributed by atoms with van der Waals surface area (Å²) in [6.07, 6.45) is 2.66. The summed E-state index contributed by atoms with van der Waals surface area (Å²) in [6, 6.07) is 13.5. The first-order valence-corrected chi connectivity index (χ1v) is 16.3. The number of fused-ring (bicyclic) bond motifs is 1. The number of nitrogens with one attached hydrogen (secondary N) is 2. The molecule has 0 bridgehead atoms. The van der Waals surface area contributed by atoms with E-state index in [4.69, 9.17) is 14.2 Å². The van der Waals surface area contributed by atoms with E-state index in [0.29, 0.717) is 48.6 Å². The van der Waals surface area contributed by atoms with Crippen LogP contribution in [-0.4, -0.2) is 94.9 Å². The fourth-order valence-electron chi connectivity index (χ4n) is 5.39. The fourth-order valence-corrected chi connectivity index (χ4v) is 8.02. The number of H-pyrrole nitrogens is 1. The second-order valence-electron chi connectivity index (χ2n) is 10.4. The van der Waals surface area contributed by atoms with Crippen molar-refractivity contribution >= 4 is 30.8 Å². The summed E-state index contributed by atoms with van der Waals surface area (Å²) in [4.78, 5) is 3.43. The summed E-state index contributed by atoms with van der Waals surface area (Å²) in [7, 11) is -5.87. The van der Waals surface area contributed by atoms with E-state index in [1.54, 1.807) is 18.3 Å². The first kappa shape index (κ1) is 29.0. The van der Waals surface area contributed by atoms with Gasteiger partial charge in [0.1, 0.15) is 23.4 Å². The van der Waals surface area contributed by atoms with Crippen molar-refractivity contribution in [2.75, 3.05) is 45.9 Å². The lowest BCUT2D eigenvalue weighted by Gasteiger charge is -2.38. The van der Waals surface area contributed by atoms with Crippen molar-refractivity contribution in [1.29, 1.82) is 0 Å². The van der Waals surface area contributed by atoms with Gasteiger partial charge in [0, 0.05) is 49.9 Å². The number of hydrogen-bond acceptors (Lipinski definition) is 9. The van der Waals surface area contributed by atoms with Crippen LogP contribution >= 0.6 is 0 Å². The van der Waals surface area contributed by atoms with Gasteiger partial charge in [-0.25, -0.2) is 16.8 Å². The molecule has 0 amide bonds. The van der Waals surface area contributed by atoms with Gasteiger partial charge in [0.05, 0.1) is 17.1 Å². The molecule has 2 aliphatic heterocycles. The molecule has 1 aromatic heterocycles. The van der Waals surface area contributed by atoms with Crippen molar-refractivity contribution in [3.05, 3.63) is 54.7 Å². The predicted molar refractivity (Wildman–Crippen MR) is 148 cm³/mol. The molecular weight excluding hydrogens is 558 g/mol. The summed E-state index contributed by atoms with van der Waals surface area (Å²) in [5.74, 6) is -0.0833. The number of ether oxygens (including phenoxy) is 3. The van der Waals surface area contributed by atoms with Gasteiger partial charge >= 0.3 is 0 Å². The van der Waals surface area contributed by atoms with Crippen molar-refractivity contribution < 1.29 is 36.2 Å². The standard InChI is InChI=1S/C27H35N3O8S2/c1-36-19-39(32,33)23-6-4-5-22(13-23)37-18-21(31)15-28-20-14-27(38-17-20)9-11-30(12-10-27)40(34,35)26-16-29-25-8-3-2-7-24(25)26/h2-8,13,16,20-21,28-29,31H,9-12,14-15,17-19H2,1H3/t20-,21+/m1/s1. The molecule has 1 spiro atoms. The highest BCUT2D eigenvalue weighted by Gasteiger charge is 2.45. The SMILES string of the molecule is COCS(=O)(=O)c1cccc(OC[C@@H](O)CN[C@H]2COC3(CCN(S(=O)(=O)c4c[nH]c5ccccc45)CC3)C2)c1. The Hall–Kier alpha value is -2.52. The van der Waals surface area contributed by atoms with Gasteiger partial charge in [-0.15, -0.1) is 0 Å². The summed E-state index contributed by atoms with van der Waals surface area (Å²) >= 11 is 0. The Balaban J connectivity index is 1.09. The molecule has 3 aromatic rings. The van der Waals surface area contributed by atoms with Crippen LogP contribution in [0.2, 0.25) is 0 Å². The first-order valence-electron chi connectivity index (χ1n) is 13.2. The number of aromatic amines is 1. The molecule has 0 aliphatic carbocycles. The van der Waals surface area contributed by atoms with Gasteiger partial charge in [-0.2, -0.15) is 4.31 Å². The second-order valence-corrected chi connectivity index (χ2v) is 14.2. The molecule has 3 heterocycles. The normalized spacial score (nSPS) is 20.7. The molecule has 5 rings (SSSR count). The highest BCUT2D eigenvalue weighted by Crippen LogP contribution is 2.38. The van der Waals surface area contributed by atoms with Crippen LogP contribution in [0.15, 0.2) is 64.5 Å². The van der Waals surface area contributed by atoms with E-state index in [1.165, 1.54) is 23.5 Å². The third kappa shape index (κ3) is 6.20. The van der Waals surface area contributed by atoms with Gasteiger partial charge in [-0.05, 0) is 43.5 Å². The van der Waals surface area contributed by atoms with E-state index < -0.39 is 31.9 Å². The average molecular weight is 594 g/mol. The molecule has 2 saturated heterocycles. The molecule has 0 radical (unpaired) electrons. The number of sulfone groups is 1. The molecule has 0 unspecified atom stereocenters. The quantitative estimate of drug-likeness (QED) is 0.303. The topological polar surface area (TPSA) is 147 Å². The fraction of sp³-hybridized carbons (Fsp3) is 0.481. The number of methoxy groups -OCH3 is 1. The van der Waals surface area contributed by atoms with Crippen LogP contribution in [0, 0.1) is 0 Å². The zero-order chi connectivity index (χ0) is 28.4. The lowest BCUT2D eigenvalue weighted by molar-refractivity contribution is -0.0312. The zero-order valence-electron chi connectivity index (χ0n) is 22.3. The zero-order valence-corrected chi connectivity index (χ0v) is 23.9. The summed E-state index contributed by atoms with van der Waals surface area (Å²) in [5, 5.41) is 14.4. The Bertz CT molecular complexity index is 1530. The van der Waals surface area contributed by atoms with Gasteiger partial charge in [0.25, 0.3) is 0 Å². The van der Waals surface area contributed by atoms with Crippen LogP contribution in [-0.2, 0) is 29.3 Å². The van der Waals surface area contributed by atoms with Crippen molar-refractivity contribution in [3.8, 4) is 5.75 Å². The van der Waals surface area contributed by atoms with Gasteiger partial charge in [0.2, 0.25) is 19.9 Å². The second kappa shape index (κ2) is 11.8. The number of nitrogens with zero attached hydrogens (tertiary/aromatic N) is 1. The maximum Gasteiger partial charge on any atom is 0.245 e. The number of benzene rings is 2. The first-order chi connectivity index (χ1) is 19.1. The van der Waals surface area contributed by atoms with E-state index in [-0.39, 0.29) is 29.7 Å². The monoisotopic (exact) mass is 593 g/mol. The summed E-state index contributed by atoms with van der Waals surface area (Å²) < 4.78 is 69.1. The molecule has 13 heteroatoms. The summed E-state index contributed by atoms with van der Waals surface area (Å²) in [5.41, 5.74) is 0.401. The maximum absolute atomic E-state index is 13.3. The van der Waals surface area contributed by atoms with Gasteiger partial charge in [-0.1, -0.05) is 24.3 Å². The van der Waals surface area contributed by atoms with Crippen LogP contribution in [0.4, 0.5) is 0 Å². The molecule has 40 heavy (non-hydrogen) atoms. The Labute approximate surface area is 234 Å². The van der Waals surface area contributed by atoms with Gasteiger partial charge in [0.15, 0.2) is 5.94 Å². The minimum atomic E-state index is -3.63. The lowest BCUT2D eigenvalue weighted by Crippen LogP contribution is -2.47. The van der Waals surface area contributed by atoms with Crippen molar-refractivity contribution in [2.45, 2.75) is 46.8 Å². The van der Waals surface area contributed by atoms with Crippen LogP contribution < -0.4 is 10.1 Å². The molecule has 2 atom stereocenters. The van der Waals surface area contributed by atoms with Crippen LogP contribution in [0.25, 0.3) is 10.9 Å². The molecule has 0 saturated carbocycles. The van der Waals surface area contributed by atoms with Crippen LogP contribution in [0.5, 0.6) is 5.75 Å². The van der Waals surface area contributed by atoms with Gasteiger partial charge in [-0.3, -0.25) is 0 Å². The smallest absolute Gasteiger partial charge is 0.245 e. The maximum atomic E-state index is 13.3. The molecule has 2 aliphatic rings. The van der Waals surface area contributed by atoms with Crippen molar-refractivity contribution in [1.82, 2.24) is 14.6 Å². The predicted octanol–water partition coefficient (Wildman–Crippen LogP) is 1.89. The van der Waals surface area contributed by atoms with Crippen molar-refractivity contribution in [3.63, 3.8) is 0 Å². The van der Waals surface area contributed by atoms with E-state index in [0.717, 1.165) is 11.9 Å². The van der Waals surface area contributed by atoms with E-state index in [2.05, 4.69) is 10.3 Å². The summed E-state index contributed by atoms with van der Waals surface area (Å²) in [6.45, 7) is 1.49. The minimum Gasteiger partial charge on any atom is -0.491 e. The minimum absolute atomic E-state index is 0.0137. The Morgan fingerprint density at radius 3 is 2.70 bits per heavy atom. The average Bonchev–Trinajstić information content (AvgIpc) is 3.56. The number of hydrogen-bond donors (Lipinski definition) is 3. The third-order valence-electron chi connectivity index (χ3n) is 7.53. The molecule has 218 valence electrons. The number of aliphatic hydroxyl groups excluding tert-OH is 1. The van der Waals surface area contributed by atoms with E-state index in [9.17, 15) is 21.9 Å². The number of sulfonamides is 1. The number of aromatic nitrogens is 1. The van der Waals surface area contributed by atoms with Gasteiger partial charge < -0.3 is 29.6 Å². The van der Waals surface area contributed by atoms with Crippen LogP contribution in [0.1, 0.15) is 19.3 Å². The van der Waals surface area contributed by atoms with Crippen LogP contribution in [0.3, 0.4) is 0 Å². The molecular formula is C27H35N3O8S2. The molecule has 11 nitrogen and oxygen atoms in total. The highest BCUT2D eigenvalue weighted by atomic mass is 32.2. The van der Waals surface area contributed by atoms with E-state index in [1.807, 2.05) is 24.3 Å².